The molecule has 1 aromatic rings. The van der Waals surface area contributed by atoms with Crippen LogP contribution in [-0.2, 0) is 16.0 Å². The van der Waals surface area contributed by atoms with Crippen molar-refractivity contribution in [2.45, 2.75) is 37.9 Å². The van der Waals surface area contributed by atoms with Crippen molar-refractivity contribution in [3.63, 3.8) is 0 Å². The Balaban J connectivity index is 1.91. The minimum absolute atomic E-state index is 0.212. The number of hydrogen-bond donors (Lipinski definition) is 1. The summed E-state index contributed by atoms with van der Waals surface area (Å²) < 4.78 is 11.2. The van der Waals surface area contributed by atoms with Gasteiger partial charge in [0, 0.05) is 30.4 Å². The van der Waals surface area contributed by atoms with Crippen molar-refractivity contribution in [2.75, 3.05) is 0 Å². The molecular formula is C14H14ClNO4. The number of primary amides is 1. The van der Waals surface area contributed by atoms with E-state index in [1.54, 1.807) is 6.07 Å². The lowest BCUT2D eigenvalue weighted by molar-refractivity contribution is -0.153. The molecule has 2 atom stereocenters. The first-order valence-electron chi connectivity index (χ1n) is 6.40. The molecule has 106 valence electrons. The maximum absolute atomic E-state index is 11.3. The highest BCUT2D eigenvalue weighted by atomic mass is 35.5. The number of amides is 1. The molecular weight excluding hydrogens is 282 g/mol. The van der Waals surface area contributed by atoms with Gasteiger partial charge in [0.1, 0.15) is 17.5 Å². The van der Waals surface area contributed by atoms with E-state index < -0.39 is 11.5 Å². The molecule has 0 bridgehead atoms. The third kappa shape index (κ3) is 2.02. The summed E-state index contributed by atoms with van der Waals surface area (Å²) >= 11 is 6.12. The lowest BCUT2D eigenvalue weighted by atomic mass is 9.92. The zero-order valence-electron chi connectivity index (χ0n) is 10.9. The molecule has 2 aliphatic heterocycles. The summed E-state index contributed by atoms with van der Waals surface area (Å²) in [6.07, 6.45) is 1.27. The van der Waals surface area contributed by atoms with Crippen LogP contribution < -0.4 is 10.5 Å². The monoisotopic (exact) mass is 295 g/mol. The molecule has 2 heterocycles. The van der Waals surface area contributed by atoms with Gasteiger partial charge in [0.25, 0.3) is 0 Å². The molecule has 0 radical (unpaired) electrons. The van der Waals surface area contributed by atoms with Crippen molar-refractivity contribution in [2.24, 2.45) is 5.73 Å². The van der Waals surface area contributed by atoms with Gasteiger partial charge < -0.3 is 15.2 Å². The SMILES string of the molecule is C[C@]1([C@@H]2Cc3cc(C(N)=O)cc(Cl)c3O2)CCC(=O)O1. The van der Waals surface area contributed by atoms with Crippen molar-refractivity contribution in [3.05, 3.63) is 28.3 Å². The summed E-state index contributed by atoms with van der Waals surface area (Å²) in [5.41, 5.74) is 5.80. The van der Waals surface area contributed by atoms with Crippen molar-refractivity contribution in [1.82, 2.24) is 0 Å². The van der Waals surface area contributed by atoms with Crippen LogP contribution in [0.2, 0.25) is 5.02 Å². The lowest BCUT2D eigenvalue weighted by Crippen LogP contribution is -2.42. The molecule has 3 rings (SSSR count). The van der Waals surface area contributed by atoms with E-state index in [-0.39, 0.29) is 12.1 Å². The summed E-state index contributed by atoms with van der Waals surface area (Å²) in [6, 6.07) is 3.18. The molecule has 0 aromatic heterocycles. The molecule has 2 aliphatic rings. The fraction of sp³-hybridized carbons (Fsp3) is 0.429. The molecule has 0 aliphatic carbocycles. The van der Waals surface area contributed by atoms with Gasteiger partial charge in [0.15, 0.2) is 0 Å². The number of esters is 1. The Morgan fingerprint density at radius 2 is 2.25 bits per heavy atom. The number of halogens is 1. The Bertz CT molecular complexity index is 615. The van der Waals surface area contributed by atoms with Gasteiger partial charge in [0.2, 0.25) is 5.91 Å². The molecule has 2 N–H and O–H groups in total. The maximum Gasteiger partial charge on any atom is 0.306 e. The predicted molar refractivity (Wildman–Crippen MR) is 71.8 cm³/mol. The molecule has 1 fully saturated rings. The number of fused-ring (bicyclic) bond motifs is 1. The fourth-order valence-corrected chi connectivity index (χ4v) is 3.02. The Labute approximate surface area is 121 Å². The number of rotatable bonds is 2. The van der Waals surface area contributed by atoms with E-state index in [4.69, 9.17) is 26.8 Å². The standard InChI is InChI=1S/C14H14ClNO4/c1-14(3-2-11(17)20-14)10-6-7-4-8(13(16)18)5-9(15)12(7)19-10/h4-5,10H,2-3,6H2,1H3,(H2,16,18)/t10-,14+/m0/s1. The van der Waals surface area contributed by atoms with E-state index in [9.17, 15) is 9.59 Å². The molecule has 1 aromatic carbocycles. The van der Waals surface area contributed by atoms with Gasteiger partial charge in [-0.05, 0) is 19.1 Å². The highest BCUT2D eigenvalue weighted by molar-refractivity contribution is 6.32. The van der Waals surface area contributed by atoms with Crippen molar-refractivity contribution >= 4 is 23.5 Å². The van der Waals surface area contributed by atoms with Crippen molar-refractivity contribution < 1.29 is 19.1 Å². The summed E-state index contributed by atoms with van der Waals surface area (Å²) in [5, 5.41) is 0.353. The number of cyclic esters (lactones) is 1. The fourth-order valence-electron chi connectivity index (χ4n) is 2.74. The largest absolute Gasteiger partial charge is 0.484 e. The Kier molecular flexibility index (Phi) is 2.90. The van der Waals surface area contributed by atoms with Crippen LogP contribution in [0.1, 0.15) is 35.7 Å². The van der Waals surface area contributed by atoms with E-state index in [0.29, 0.717) is 35.6 Å². The van der Waals surface area contributed by atoms with E-state index in [1.807, 2.05) is 6.92 Å². The number of ether oxygens (including phenoxy) is 2. The average molecular weight is 296 g/mol. The minimum Gasteiger partial charge on any atom is -0.484 e. The highest BCUT2D eigenvalue weighted by Crippen LogP contribution is 2.43. The Morgan fingerprint density at radius 1 is 1.50 bits per heavy atom. The van der Waals surface area contributed by atoms with E-state index >= 15 is 0 Å². The summed E-state index contributed by atoms with van der Waals surface area (Å²) in [7, 11) is 0. The predicted octanol–water partition coefficient (Wildman–Crippen LogP) is 1.84. The van der Waals surface area contributed by atoms with E-state index in [1.165, 1.54) is 6.07 Å². The van der Waals surface area contributed by atoms with Crippen LogP contribution in [0.3, 0.4) is 0 Å². The number of hydrogen-bond acceptors (Lipinski definition) is 4. The van der Waals surface area contributed by atoms with Gasteiger partial charge in [-0.1, -0.05) is 11.6 Å². The first-order chi connectivity index (χ1) is 9.39. The summed E-state index contributed by atoms with van der Waals surface area (Å²) in [4.78, 5) is 22.6. The number of carbonyl (C=O) groups is 2. The second-order valence-electron chi connectivity index (χ2n) is 5.41. The highest BCUT2D eigenvalue weighted by Gasteiger charge is 2.47. The van der Waals surface area contributed by atoms with E-state index in [2.05, 4.69) is 0 Å². The van der Waals surface area contributed by atoms with Crippen LogP contribution in [0.25, 0.3) is 0 Å². The quantitative estimate of drug-likeness (QED) is 0.844. The van der Waals surface area contributed by atoms with Crippen LogP contribution in [0.5, 0.6) is 5.75 Å². The zero-order chi connectivity index (χ0) is 14.5. The van der Waals surface area contributed by atoms with Gasteiger partial charge in [-0.25, -0.2) is 0 Å². The van der Waals surface area contributed by atoms with Crippen LogP contribution in [0.15, 0.2) is 12.1 Å². The van der Waals surface area contributed by atoms with Crippen LogP contribution in [0.4, 0.5) is 0 Å². The van der Waals surface area contributed by atoms with Gasteiger partial charge in [-0.2, -0.15) is 0 Å². The molecule has 1 saturated heterocycles. The van der Waals surface area contributed by atoms with Gasteiger partial charge in [0.05, 0.1) is 5.02 Å². The smallest absolute Gasteiger partial charge is 0.306 e. The molecule has 0 saturated carbocycles. The zero-order valence-corrected chi connectivity index (χ0v) is 11.7. The lowest BCUT2D eigenvalue weighted by Gasteiger charge is -2.28. The van der Waals surface area contributed by atoms with Crippen LogP contribution >= 0.6 is 11.6 Å². The van der Waals surface area contributed by atoms with Crippen molar-refractivity contribution in [3.8, 4) is 5.75 Å². The first-order valence-corrected chi connectivity index (χ1v) is 6.77. The topological polar surface area (TPSA) is 78.6 Å². The normalized spacial score (nSPS) is 27.9. The van der Waals surface area contributed by atoms with Gasteiger partial charge in [-0.3, -0.25) is 9.59 Å². The van der Waals surface area contributed by atoms with E-state index in [0.717, 1.165) is 5.56 Å². The van der Waals surface area contributed by atoms with Gasteiger partial charge in [-0.15, -0.1) is 0 Å². The second-order valence-corrected chi connectivity index (χ2v) is 5.82. The second kappa shape index (κ2) is 4.38. The molecule has 5 nitrogen and oxygen atoms in total. The summed E-state index contributed by atoms with van der Waals surface area (Å²) in [6.45, 7) is 1.86. The summed E-state index contributed by atoms with van der Waals surface area (Å²) in [5.74, 6) is -0.196. The molecule has 1 amide bonds. The van der Waals surface area contributed by atoms with Gasteiger partial charge >= 0.3 is 5.97 Å². The number of benzene rings is 1. The van der Waals surface area contributed by atoms with Crippen molar-refractivity contribution in [1.29, 1.82) is 0 Å². The number of nitrogens with two attached hydrogens (primary N) is 1. The first kappa shape index (κ1) is 13.2. The van der Waals surface area contributed by atoms with Crippen LogP contribution in [-0.4, -0.2) is 23.6 Å². The molecule has 20 heavy (non-hydrogen) atoms. The average Bonchev–Trinajstić information content (AvgIpc) is 2.94. The van der Waals surface area contributed by atoms with Crippen LogP contribution in [0, 0.1) is 0 Å². The molecule has 6 heteroatoms. The maximum atomic E-state index is 11.3. The Morgan fingerprint density at radius 3 is 2.85 bits per heavy atom. The molecule has 0 spiro atoms. The third-order valence-electron chi connectivity index (χ3n) is 3.92. The third-order valence-corrected chi connectivity index (χ3v) is 4.20. The minimum atomic E-state index is -0.647. The molecule has 0 unspecified atom stereocenters. The Hall–Kier alpha value is -1.75. The number of carbonyl (C=O) groups excluding carboxylic acids is 2.